The summed E-state index contributed by atoms with van der Waals surface area (Å²) in [5.41, 5.74) is 7.96. The zero-order chi connectivity index (χ0) is 11.9. The topological polar surface area (TPSA) is 29.3 Å². The standard InChI is InChI=1S/C15H24N2/c16-15-8-6-14(7-9-15)10-13-17-11-4-2-1-3-5-12-17/h6-9H,1-5,10-13,16H2. The quantitative estimate of drug-likeness (QED) is 0.812. The van der Waals surface area contributed by atoms with Gasteiger partial charge in [-0.1, -0.05) is 31.4 Å². The molecule has 1 aliphatic rings. The van der Waals surface area contributed by atoms with Gasteiger partial charge in [-0.15, -0.1) is 0 Å². The molecular formula is C15H24N2. The molecule has 2 rings (SSSR count). The highest BCUT2D eigenvalue weighted by Crippen LogP contribution is 2.12. The summed E-state index contributed by atoms with van der Waals surface area (Å²) < 4.78 is 0. The van der Waals surface area contributed by atoms with Crippen LogP contribution in [0.2, 0.25) is 0 Å². The van der Waals surface area contributed by atoms with E-state index in [1.165, 1.54) is 57.3 Å². The molecule has 1 aliphatic heterocycles. The van der Waals surface area contributed by atoms with E-state index in [-0.39, 0.29) is 0 Å². The summed E-state index contributed by atoms with van der Waals surface area (Å²) in [5.74, 6) is 0. The van der Waals surface area contributed by atoms with Crippen LogP contribution in [0.15, 0.2) is 24.3 Å². The number of anilines is 1. The number of rotatable bonds is 3. The summed E-state index contributed by atoms with van der Waals surface area (Å²) in [5, 5.41) is 0. The van der Waals surface area contributed by atoms with E-state index in [1.54, 1.807) is 0 Å². The molecule has 2 N–H and O–H groups in total. The predicted molar refractivity (Wildman–Crippen MR) is 74.1 cm³/mol. The van der Waals surface area contributed by atoms with Crippen molar-refractivity contribution < 1.29 is 0 Å². The normalized spacial score (nSPS) is 18.6. The Morgan fingerprint density at radius 3 is 2.12 bits per heavy atom. The van der Waals surface area contributed by atoms with Crippen molar-refractivity contribution in [2.45, 2.75) is 38.5 Å². The number of likely N-dealkylation sites (tertiary alicyclic amines) is 1. The summed E-state index contributed by atoms with van der Waals surface area (Å²) >= 11 is 0. The number of hydrogen-bond donors (Lipinski definition) is 1. The van der Waals surface area contributed by atoms with E-state index >= 15 is 0 Å². The molecule has 94 valence electrons. The van der Waals surface area contributed by atoms with Gasteiger partial charge in [0.2, 0.25) is 0 Å². The first kappa shape index (κ1) is 12.4. The number of nitrogen functional groups attached to an aromatic ring is 1. The smallest absolute Gasteiger partial charge is 0.0314 e. The molecule has 0 bridgehead atoms. The highest BCUT2D eigenvalue weighted by Gasteiger charge is 2.07. The second-order valence-electron chi connectivity index (χ2n) is 5.10. The molecule has 0 amide bonds. The van der Waals surface area contributed by atoms with Crippen LogP contribution in [0.3, 0.4) is 0 Å². The summed E-state index contributed by atoms with van der Waals surface area (Å²) in [6.07, 6.45) is 8.17. The Morgan fingerprint density at radius 2 is 1.47 bits per heavy atom. The molecule has 2 nitrogen and oxygen atoms in total. The molecule has 0 aromatic heterocycles. The van der Waals surface area contributed by atoms with Crippen LogP contribution in [-0.2, 0) is 6.42 Å². The largest absolute Gasteiger partial charge is 0.399 e. The van der Waals surface area contributed by atoms with Gasteiger partial charge in [0, 0.05) is 12.2 Å². The maximum absolute atomic E-state index is 5.69. The summed E-state index contributed by atoms with van der Waals surface area (Å²) in [6, 6.07) is 8.31. The molecule has 1 aromatic rings. The first-order valence-corrected chi connectivity index (χ1v) is 6.91. The van der Waals surface area contributed by atoms with Crippen molar-refractivity contribution in [2.75, 3.05) is 25.4 Å². The van der Waals surface area contributed by atoms with Gasteiger partial charge in [-0.05, 0) is 50.0 Å². The molecule has 0 aliphatic carbocycles. The second-order valence-corrected chi connectivity index (χ2v) is 5.10. The highest BCUT2D eigenvalue weighted by molar-refractivity contribution is 5.39. The van der Waals surface area contributed by atoms with Crippen LogP contribution in [0.25, 0.3) is 0 Å². The number of nitrogens with two attached hydrogens (primary N) is 1. The lowest BCUT2D eigenvalue weighted by molar-refractivity contribution is 0.250. The van der Waals surface area contributed by atoms with Crippen LogP contribution < -0.4 is 5.73 Å². The third-order valence-corrected chi connectivity index (χ3v) is 3.65. The first-order valence-electron chi connectivity index (χ1n) is 6.91. The van der Waals surface area contributed by atoms with Crippen molar-refractivity contribution in [1.82, 2.24) is 4.90 Å². The van der Waals surface area contributed by atoms with Crippen molar-refractivity contribution in [3.05, 3.63) is 29.8 Å². The van der Waals surface area contributed by atoms with Gasteiger partial charge in [0.1, 0.15) is 0 Å². The molecule has 0 atom stereocenters. The number of nitrogens with zero attached hydrogens (tertiary/aromatic N) is 1. The minimum Gasteiger partial charge on any atom is -0.399 e. The average Bonchev–Trinajstić information content (AvgIpc) is 2.30. The first-order chi connectivity index (χ1) is 8.34. The van der Waals surface area contributed by atoms with E-state index in [1.807, 2.05) is 12.1 Å². The fraction of sp³-hybridized carbons (Fsp3) is 0.600. The Morgan fingerprint density at radius 1 is 0.882 bits per heavy atom. The maximum Gasteiger partial charge on any atom is 0.0314 e. The number of benzene rings is 1. The molecule has 0 saturated carbocycles. The Labute approximate surface area is 105 Å². The van der Waals surface area contributed by atoms with Gasteiger partial charge in [0.05, 0.1) is 0 Å². The molecule has 1 saturated heterocycles. The fourth-order valence-electron chi connectivity index (χ4n) is 2.51. The molecule has 0 spiro atoms. The zero-order valence-corrected chi connectivity index (χ0v) is 10.7. The van der Waals surface area contributed by atoms with Gasteiger partial charge in [0.15, 0.2) is 0 Å². The van der Waals surface area contributed by atoms with Crippen LogP contribution in [0, 0.1) is 0 Å². The van der Waals surface area contributed by atoms with E-state index in [4.69, 9.17) is 5.73 Å². The van der Waals surface area contributed by atoms with Gasteiger partial charge in [0.25, 0.3) is 0 Å². The van der Waals surface area contributed by atoms with Crippen LogP contribution in [0.5, 0.6) is 0 Å². The lowest BCUT2D eigenvalue weighted by Crippen LogP contribution is -2.29. The maximum atomic E-state index is 5.69. The third-order valence-electron chi connectivity index (χ3n) is 3.65. The van der Waals surface area contributed by atoms with Crippen molar-refractivity contribution in [1.29, 1.82) is 0 Å². The summed E-state index contributed by atoms with van der Waals surface area (Å²) in [4.78, 5) is 2.62. The molecule has 2 heteroatoms. The van der Waals surface area contributed by atoms with Crippen LogP contribution in [0.1, 0.15) is 37.7 Å². The van der Waals surface area contributed by atoms with Gasteiger partial charge in [-0.2, -0.15) is 0 Å². The summed E-state index contributed by atoms with van der Waals surface area (Å²) in [6.45, 7) is 3.77. The van der Waals surface area contributed by atoms with E-state index in [0.29, 0.717) is 0 Å². The Kier molecular flexibility index (Phi) is 4.87. The fourth-order valence-corrected chi connectivity index (χ4v) is 2.51. The van der Waals surface area contributed by atoms with Gasteiger partial charge in [-0.25, -0.2) is 0 Å². The van der Waals surface area contributed by atoms with E-state index < -0.39 is 0 Å². The van der Waals surface area contributed by atoms with Crippen molar-refractivity contribution in [3.63, 3.8) is 0 Å². The Balaban J connectivity index is 1.77. The molecule has 1 fully saturated rings. The van der Waals surface area contributed by atoms with Crippen LogP contribution >= 0.6 is 0 Å². The summed E-state index contributed by atoms with van der Waals surface area (Å²) in [7, 11) is 0. The highest BCUT2D eigenvalue weighted by atomic mass is 15.1. The zero-order valence-electron chi connectivity index (χ0n) is 10.7. The Bertz CT molecular complexity index is 310. The predicted octanol–water partition coefficient (Wildman–Crippen LogP) is 3.08. The average molecular weight is 232 g/mol. The van der Waals surface area contributed by atoms with Crippen molar-refractivity contribution in [2.24, 2.45) is 0 Å². The molecule has 0 radical (unpaired) electrons. The second kappa shape index (κ2) is 6.65. The van der Waals surface area contributed by atoms with Crippen molar-refractivity contribution in [3.8, 4) is 0 Å². The van der Waals surface area contributed by atoms with E-state index in [9.17, 15) is 0 Å². The SMILES string of the molecule is Nc1ccc(CCN2CCCCCCC2)cc1. The monoisotopic (exact) mass is 232 g/mol. The minimum absolute atomic E-state index is 0.861. The molecule has 1 heterocycles. The van der Waals surface area contributed by atoms with E-state index in [2.05, 4.69) is 17.0 Å². The number of hydrogen-bond acceptors (Lipinski definition) is 2. The third kappa shape index (κ3) is 4.39. The van der Waals surface area contributed by atoms with Gasteiger partial charge < -0.3 is 10.6 Å². The molecule has 1 aromatic carbocycles. The Hall–Kier alpha value is -1.02. The van der Waals surface area contributed by atoms with Crippen LogP contribution in [0.4, 0.5) is 5.69 Å². The molecule has 0 unspecified atom stereocenters. The molecular weight excluding hydrogens is 208 g/mol. The lowest BCUT2D eigenvalue weighted by Gasteiger charge is -2.24. The van der Waals surface area contributed by atoms with Gasteiger partial charge in [-0.3, -0.25) is 0 Å². The minimum atomic E-state index is 0.861. The van der Waals surface area contributed by atoms with Gasteiger partial charge >= 0.3 is 0 Å². The van der Waals surface area contributed by atoms with Crippen molar-refractivity contribution >= 4 is 5.69 Å². The molecule has 17 heavy (non-hydrogen) atoms. The lowest BCUT2D eigenvalue weighted by atomic mass is 10.1. The van der Waals surface area contributed by atoms with Crippen LogP contribution in [-0.4, -0.2) is 24.5 Å². The van der Waals surface area contributed by atoms with E-state index in [0.717, 1.165) is 12.1 Å².